The lowest BCUT2D eigenvalue weighted by Crippen LogP contribution is -2.09. The van der Waals surface area contributed by atoms with E-state index in [2.05, 4.69) is 0 Å². The number of allylic oxidation sites excluding steroid dienone is 6. The van der Waals surface area contributed by atoms with Crippen LogP contribution in [-0.2, 0) is 0 Å². The fraction of sp³-hybridized carbons (Fsp3) is 0.455. The fourth-order valence-electron chi connectivity index (χ4n) is 1.42. The van der Waals surface area contributed by atoms with Gasteiger partial charge in [0.2, 0.25) is 0 Å². The molecular formula is C11H13F3. The quantitative estimate of drug-likeness (QED) is 0.598. The van der Waals surface area contributed by atoms with Crippen molar-refractivity contribution in [3.8, 4) is 0 Å². The summed E-state index contributed by atoms with van der Waals surface area (Å²) >= 11 is 0. The summed E-state index contributed by atoms with van der Waals surface area (Å²) in [6, 6.07) is 0. The molecule has 1 rings (SSSR count). The Labute approximate surface area is 81.8 Å². The number of hydrogen-bond acceptors (Lipinski definition) is 0. The minimum absolute atomic E-state index is 0.394. The normalized spacial score (nSPS) is 18.2. The van der Waals surface area contributed by atoms with Crippen LogP contribution in [-0.4, -0.2) is 6.18 Å². The second-order valence-corrected chi connectivity index (χ2v) is 3.35. The molecule has 0 nitrogen and oxygen atoms in total. The lowest BCUT2D eigenvalue weighted by atomic mass is 10.1. The SMILES string of the molecule is CCC1=C(C)CC=C(C(F)(F)F)C=C1. The van der Waals surface area contributed by atoms with E-state index < -0.39 is 11.7 Å². The van der Waals surface area contributed by atoms with Crippen LogP contribution in [0.3, 0.4) is 0 Å². The van der Waals surface area contributed by atoms with Crippen LogP contribution in [0, 0.1) is 0 Å². The molecule has 78 valence electrons. The molecule has 14 heavy (non-hydrogen) atoms. The van der Waals surface area contributed by atoms with Gasteiger partial charge < -0.3 is 0 Å². The lowest BCUT2D eigenvalue weighted by Gasteiger charge is -2.05. The summed E-state index contributed by atoms with van der Waals surface area (Å²) in [6.07, 6.45) is 0.928. The van der Waals surface area contributed by atoms with Crippen LogP contribution in [0.15, 0.2) is 34.9 Å². The van der Waals surface area contributed by atoms with Crippen LogP contribution in [0.4, 0.5) is 13.2 Å². The first-order valence-corrected chi connectivity index (χ1v) is 4.59. The van der Waals surface area contributed by atoms with Crippen molar-refractivity contribution < 1.29 is 13.2 Å². The molecule has 1 aliphatic rings. The van der Waals surface area contributed by atoms with Gasteiger partial charge in [-0.15, -0.1) is 0 Å². The van der Waals surface area contributed by atoms with Gasteiger partial charge in [-0.2, -0.15) is 13.2 Å². The first-order chi connectivity index (χ1) is 6.45. The smallest absolute Gasteiger partial charge is 0.166 e. The molecule has 0 heterocycles. The molecule has 0 fully saturated rings. The molecular weight excluding hydrogens is 189 g/mol. The highest BCUT2D eigenvalue weighted by atomic mass is 19.4. The molecule has 0 bridgehead atoms. The molecule has 0 aromatic carbocycles. The molecule has 0 aliphatic heterocycles. The third-order valence-electron chi connectivity index (χ3n) is 2.35. The van der Waals surface area contributed by atoms with Gasteiger partial charge in [-0.3, -0.25) is 0 Å². The average molecular weight is 202 g/mol. The molecule has 0 radical (unpaired) electrons. The second-order valence-electron chi connectivity index (χ2n) is 3.35. The average Bonchev–Trinajstić information content (AvgIpc) is 2.25. The van der Waals surface area contributed by atoms with Crippen LogP contribution in [0.1, 0.15) is 26.7 Å². The molecule has 0 amide bonds. The van der Waals surface area contributed by atoms with E-state index in [-0.39, 0.29) is 0 Å². The van der Waals surface area contributed by atoms with Gasteiger partial charge >= 0.3 is 6.18 Å². The van der Waals surface area contributed by atoms with E-state index in [1.54, 1.807) is 6.08 Å². The molecule has 3 heteroatoms. The van der Waals surface area contributed by atoms with Crippen molar-refractivity contribution in [3.63, 3.8) is 0 Å². The summed E-state index contributed by atoms with van der Waals surface area (Å²) in [4.78, 5) is 0. The second kappa shape index (κ2) is 4.03. The number of rotatable bonds is 1. The van der Waals surface area contributed by atoms with Crippen molar-refractivity contribution >= 4 is 0 Å². The summed E-state index contributed by atoms with van der Waals surface area (Å²) in [5.74, 6) is 0. The number of hydrogen-bond donors (Lipinski definition) is 0. The van der Waals surface area contributed by atoms with Gasteiger partial charge in [0.05, 0.1) is 5.57 Å². The Bertz CT molecular complexity index is 303. The maximum absolute atomic E-state index is 12.3. The molecule has 0 saturated carbocycles. The van der Waals surface area contributed by atoms with Crippen molar-refractivity contribution in [3.05, 3.63) is 34.9 Å². The number of halogens is 3. The van der Waals surface area contributed by atoms with Crippen molar-refractivity contribution in [2.75, 3.05) is 0 Å². The zero-order valence-corrected chi connectivity index (χ0v) is 8.28. The predicted molar refractivity (Wildman–Crippen MR) is 50.9 cm³/mol. The van der Waals surface area contributed by atoms with Gasteiger partial charge in [0.15, 0.2) is 0 Å². The van der Waals surface area contributed by atoms with E-state index in [0.717, 1.165) is 23.6 Å². The van der Waals surface area contributed by atoms with Gasteiger partial charge in [0.25, 0.3) is 0 Å². The first-order valence-electron chi connectivity index (χ1n) is 4.59. The van der Waals surface area contributed by atoms with Gasteiger partial charge in [0.1, 0.15) is 0 Å². The number of alkyl halides is 3. The van der Waals surface area contributed by atoms with Gasteiger partial charge in [0, 0.05) is 0 Å². The standard InChI is InChI=1S/C11H13F3/c1-3-9-5-7-10(11(12,13)14)6-4-8(9)2/h5-7H,3-4H2,1-2H3. The summed E-state index contributed by atoms with van der Waals surface area (Å²) in [7, 11) is 0. The van der Waals surface area contributed by atoms with Gasteiger partial charge in [-0.25, -0.2) is 0 Å². The van der Waals surface area contributed by atoms with Crippen molar-refractivity contribution in [2.24, 2.45) is 0 Å². The summed E-state index contributed by atoms with van der Waals surface area (Å²) in [5.41, 5.74) is 1.48. The monoisotopic (exact) mass is 202 g/mol. The lowest BCUT2D eigenvalue weighted by molar-refractivity contribution is -0.0883. The molecule has 0 N–H and O–H groups in total. The highest BCUT2D eigenvalue weighted by Crippen LogP contribution is 2.30. The maximum Gasteiger partial charge on any atom is 0.416 e. The molecule has 0 spiro atoms. The Morgan fingerprint density at radius 3 is 2.43 bits per heavy atom. The summed E-state index contributed by atoms with van der Waals surface area (Å²) in [6.45, 7) is 3.82. The van der Waals surface area contributed by atoms with Crippen LogP contribution in [0.25, 0.3) is 0 Å². The Hall–Kier alpha value is -0.990. The summed E-state index contributed by atoms with van der Waals surface area (Å²) < 4.78 is 37.0. The highest BCUT2D eigenvalue weighted by Gasteiger charge is 2.31. The van der Waals surface area contributed by atoms with E-state index >= 15 is 0 Å². The zero-order valence-electron chi connectivity index (χ0n) is 8.28. The Kier molecular flexibility index (Phi) is 3.19. The van der Waals surface area contributed by atoms with Crippen molar-refractivity contribution in [1.29, 1.82) is 0 Å². The predicted octanol–water partition coefficient (Wildman–Crippen LogP) is 4.16. The van der Waals surface area contributed by atoms with Gasteiger partial charge in [-0.05, 0) is 25.3 Å². The molecule has 1 aliphatic carbocycles. The Balaban J connectivity index is 2.93. The molecule has 0 aromatic heterocycles. The molecule has 0 aromatic rings. The summed E-state index contributed by atoms with van der Waals surface area (Å²) in [5, 5.41) is 0. The highest BCUT2D eigenvalue weighted by molar-refractivity contribution is 5.37. The topological polar surface area (TPSA) is 0 Å². The molecule has 0 unspecified atom stereocenters. The van der Waals surface area contributed by atoms with E-state index in [1.165, 1.54) is 6.08 Å². The first kappa shape index (κ1) is 11.1. The van der Waals surface area contributed by atoms with E-state index in [1.807, 2.05) is 13.8 Å². The largest absolute Gasteiger partial charge is 0.416 e. The third kappa shape index (κ3) is 2.50. The van der Waals surface area contributed by atoms with Crippen LogP contribution in [0.5, 0.6) is 0 Å². The zero-order chi connectivity index (χ0) is 10.8. The molecule has 0 atom stereocenters. The van der Waals surface area contributed by atoms with Crippen LogP contribution >= 0.6 is 0 Å². The minimum atomic E-state index is -4.22. The Morgan fingerprint density at radius 2 is 1.93 bits per heavy atom. The van der Waals surface area contributed by atoms with Gasteiger partial charge in [-0.1, -0.05) is 30.7 Å². The van der Waals surface area contributed by atoms with Crippen LogP contribution < -0.4 is 0 Å². The Morgan fingerprint density at radius 1 is 1.29 bits per heavy atom. The third-order valence-corrected chi connectivity index (χ3v) is 2.35. The minimum Gasteiger partial charge on any atom is -0.166 e. The van der Waals surface area contributed by atoms with Crippen molar-refractivity contribution in [1.82, 2.24) is 0 Å². The van der Waals surface area contributed by atoms with Crippen molar-refractivity contribution in [2.45, 2.75) is 32.9 Å². The van der Waals surface area contributed by atoms with E-state index in [0.29, 0.717) is 6.42 Å². The maximum atomic E-state index is 12.3. The molecule has 0 saturated heterocycles. The fourth-order valence-corrected chi connectivity index (χ4v) is 1.42. The van der Waals surface area contributed by atoms with E-state index in [9.17, 15) is 13.2 Å². The van der Waals surface area contributed by atoms with E-state index in [4.69, 9.17) is 0 Å². The van der Waals surface area contributed by atoms with Crippen LogP contribution in [0.2, 0.25) is 0 Å².